The maximum Gasteiger partial charge on any atom is 0.360 e. The molecule has 7 nitrogen and oxygen atoms in total. The fraction of sp³-hybridized carbons (Fsp3) is 0.412. The molecule has 1 amide bonds. The van der Waals surface area contributed by atoms with Crippen LogP contribution in [-0.4, -0.2) is 33.8 Å². The van der Waals surface area contributed by atoms with E-state index in [0.717, 1.165) is 0 Å². The molecule has 1 aromatic heterocycles. The SMILES string of the molecule is CCn1nc(C(=O)O[C@@H](C)C(=O)NC(C)C)c2ccccc2c1=O. The van der Waals surface area contributed by atoms with Gasteiger partial charge in [-0.2, -0.15) is 5.10 Å². The molecule has 7 heteroatoms. The molecule has 0 bridgehead atoms. The van der Waals surface area contributed by atoms with Crippen LogP contribution in [0.3, 0.4) is 0 Å². The van der Waals surface area contributed by atoms with Crippen LogP contribution in [0.5, 0.6) is 0 Å². The van der Waals surface area contributed by atoms with E-state index in [-0.39, 0.29) is 23.2 Å². The van der Waals surface area contributed by atoms with Crippen LogP contribution in [0.15, 0.2) is 29.1 Å². The Morgan fingerprint density at radius 2 is 1.83 bits per heavy atom. The molecule has 0 fully saturated rings. The molecule has 0 aliphatic heterocycles. The predicted molar refractivity (Wildman–Crippen MR) is 89.8 cm³/mol. The van der Waals surface area contributed by atoms with E-state index in [4.69, 9.17) is 4.74 Å². The third-order valence-electron chi connectivity index (χ3n) is 3.44. The Morgan fingerprint density at radius 1 is 1.21 bits per heavy atom. The number of carbonyl (C=O) groups excluding carboxylic acids is 2. The van der Waals surface area contributed by atoms with E-state index in [1.807, 2.05) is 13.8 Å². The molecular weight excluding hydrogens is 310 g/mol. The fourth-order valence-corrected chi connectivity index (χ4v) is 2.27. The molecule has 0 saturated heterocycles. The van der Waals surface area contributed by atoms with Crippen LogP contribution in [0.4, 0.5) is 0 Å². The maximum absolute atomic E-state index is 12.5. The number of hydrogen-bond acceptors (Lipinski definition) is 5. The topological polar surface area (TPSA) is 90.3 Å². The van der Waals surface area contributed by atoms with Crippen molar-refractivity contribution in [3.8, 4) is 0 Å². The van der Waals surface area contributed by atoms with E-state index in [0.29, 0.717) is 17.3 Å². The van der Waals surface area contributed by atoms with Crippen molar-refractivity contribution in [1.82, 2.24) is 15.1 Å². The number of ether oxygens (including phenoxy) is 1. The number of aromatic nitrogens is 2. The molecule has 1 N–H and O–H groups in total. The number of nitrogens with one attached hydrogen (secondary N) is 1. The van der Waals surface area contributed by atoms with Crippen LogP contribution in [0, 0.1) is 0 Å². The van der Waals surface area contributed by atoms with Crippen molar-refractivity contribution >= 4 is 22.6 Å². The normalized spacial score (nSPS) is 12.2. The zero-order valence-corrected chi connectivity index (χ0v) is 14.2. The summed E-state index contributed by atoms with van der Waals surface area (Å²) in [6, 6.07) is 6.65. The summed E-state index contributed by atoms with van der Waals surface area (Å²) in [6.45, 7) is 7.22. The van der Waals surface area contributed by atoms with Crippen molar-refractivity contribution in [3.05, 3.63) is 40.3 Å². The molecule has 0 aliphatic rings. The molecule has 1 heterocycles. The highest BCUT2D eigenvalue weighted by molar-refractivity contribution is 6.02. The highest BCUT2D eigenvalue weighted by Crippen LogP contribution is 2.15. The number of esters is 1. The van der Waals surface area contributed by atoms with Gasteiger partial charge in [0.05, 0.1) is 5.39 Å². The number of benzene rings is 1. The second kappa shape index (κ2) is 7.25. The predicted octanol–water partition coefficient (Wildman–Crippen LogP) is 1.49. The van der Waals surface area contributed by atoms with Crippen LogP contribution >= 0.6 is 0 Å². The minimum absolute atomic E-state index is 0.0243. The molecule has 1 atom stereocenters. The van der Waals surface area contributed by atoms with E-state index in [2.05, 4.69) is 10.4 Å². The second-order valence-corrected chi connectivity index (χ2v) is 5.73. The van der Waals surface area contributed by atoms with Gasteiger partial charge in [-0.15, -0.1) is 0 Å². The van der Waals surface area contributed by atoms with Crippen LogP contribution in [0.25, 0.3) is 10.8 Å². The molecule has 2 aromatic rings. The van der Waals surface area contributed by atoms with Gasteiger partial charge in [-0.05, 0) is 33.8 Å². The van der Waals surface area contributed by atoms with Crippen LogP contribution in [0.2, 0.25) is 0 Å². The van der Waals surface area contributed by atoms with E-state index in [1.165, 1.54) is 11.6 Å². The smallest absolute Gasteiger partial charge is 0.360 e. The minimum Gasteiger partial charge on any atom is -0.448 e. The van der Waals surface area contributed by atoms with Crippen LogP contribution in [0.1, 0.15) is 38.2 Å². The molecule has 0 radical (unpaired) electrons. The van der Waals surface area contributed by atoms with E-state index >= 15 is 0 Å². The molecule has 2 rings (SSSR count). The molecule has 24 heavy (non-hydrogen) atoms. The Hall–Kier alpha value is -2.70. The highest BCUT2D eigenvalue weighted by atomic mass is 16.5. The summed E-state index contributed by atoms with van der Waals surface area (Å²) < 4.78 is 6.42. The average molecular weight is 331 g/mol. The molecule has 0 saturated carbocycles. The van der Waals surface area contributed by atoms with Gasteiger partial charge >= 0.3 is 5.97 Å². The number of nitrogens with zero attached hydrogens (tertiary/aromatic N) is 2. The second-order valence-electron chi connectivity index (χ2n) is 5.73. The molecule has 0 unspecified atom stereocenters. The van der Waals surface area contributed by atoms with Gasteiger partial charge < -0.3 is 10.1 Å². The summed E-state index contributed by atoms with van der Waals surface area (Å²) in [6.07, 6.45) is -0.956. The molecule has 0 aliphatic carbocycles. The summed E-state index contributed by atoms with van der Waals surface area (Å²) in [7, 11) is 0. The lowest BCUT2D eigenvalue weighted by molar-refractivity contribution is -0.129. The number of rotatable bonds is 5. The van der Waals surface area contributed by atoms with Gasteiger partial charge in [0.25, 0.3) is 11.5 Å². The number of aryl methyl sites for hydroxylation is 1. The van der Waals surface area contributed by atoms with Gasteiger partial charge in [0.1, 0.15) is 0 Å². The maximum atomic E-state index is 12.5. The molecule has 128 valence electrons. The Bertz CT molecular complexity index is 826. The lowest BCUT2D eigenvalue weighted by Gasteiger charge is -2.16. The van der Waals surface area contributed by atoms with Crippen molar-refractivity contribution in [3.63, 3.8) is 0 Å². The van der Waals surface area contributed by atoms with Crippen LogP contribution in [-0.2, 0) is 16.1 Å². The summed E-state index contributed by atoms with van der Waals surface area (Å²) in [5.41, 5.74) is -0.244. The first-order valence-electron chi connectivity index (χ1n) is 7.86. The first-order valence-corrected chi connectivity index (χ1v) is 7.86. The van der Waals surface area contributed by atoms with Gasteiger partial charge in [-0.25, -0.2) is 9.48 Å². The van der Waals surface area contributed by atoms with E-state index in [9.17, 15) is 14.4 Å². The summed E-state index contributed by atoms with van der Waals surface area (Å²) in [5, 5.41) is 7.57. The number of amides is 1. The first kappa shape index (κ1) is 17.7. The average Bonchev–Trinajstić information content (AvgIpc) is 2.54. The van der Waals surface area contributed by atoms with Gasteiger partial charge in [-0.3, -0.25) is 9.59 Å². The Kier molecular flexibility index (Phi) is 5.33. The highest BCUT2D eigenvalue weighted by Gasteiger charge is 2.23. The minimum atomic E-state index is -0.956. The zero-order valence-electron chi connectivity index (χ0n) is 14.2. The van der Waals surface area contributed by atoms with Crippen molar-refractivity contribution < 1.29 is 14.3 Å². The standard InChI is InChI=1S/C17H21N3O4/c1-5-20-16(22)13-9-7-6-8-12(13)14(19-20)17(23)24-11(4)15(21)18-10(2)3/h6-11H,5H2,1-4H3,(H,18,21)/t11-/m0/s1. The lowest BCUT2D eigenvalue weighted by Crippen LogP contribution is -2.39. The molecule has 1 aromatic carbocycles. The van der Waals surface area contributed by atoms with Crippen molar-refractivity contribution in [1.29, 1.82) is 0 Å². The zero-order chi connectivity index (χ0) is 17.9. The summed E-state index contributed by atoms with van der Waals surface area (Å²) >= 11 is 0. The van der Waals surface area contributed by atoms with Gasteiger partial charge in [0.15, 0.2) is 11.8 Å². The Labute approximate surface area is 139 Å². The third-order valence-corrected chi connectivity index (χ3v) is 3.44. The lowest BCUT2D eigenvalue weighted by atomic mass is 10.1. The first-order chi connectivity index (χ1) is 11.3. The van der Waals surface area contributed by atoms with Gasteiger partial charge in [0, 0.05) is 18.0 Å². The fourth-order valence-electron chi connectivity index (χ4n) is 2.27. The van der Waals surface area contributed by atoms with E-state index in [1.54, 1.807) is 31.2 Å². The third kappa shape index (κ3) is 3.61. The van der Waals surface area contributed by atoms with E-state index < -0.39 is 12.1 Å². The van der Waals surface area contributed by atoms with Gasteiger partial charge in [-0.1, -0.05) is 18.2 Å². The molecular formula is C17H21N3O4. The largest absolute Gasteiger partial charge is 0.448 e. The number of carbonyl (C=O) groups is 2. The quantitative estimate of drug-likeness (QED) is 0.838. The van der Waals surface area contributed by atoms with Crippen molar-refractivity contribution in [2.75, 3.05) is 0 Å². The molecule has 0 spiro atoms. The monoisotopic (exact) mass is 331 g/mol. The van der Waals surface area contributed by atoms with Gasteiger partial charge in [0.2, 0.25) is 0 Å². The number of hydrogen-bond donors (Lipinski definition) is 1. The Balaban J connectivity index is 2.38. The van der Waals surface area contributed by atoms with Crippen LogP contribution < -0.4 is 10.9 Å². The van der Waals surface area contributed by atoms with Crippen molar-refractivity contribution in [2.24, 2.45) is 0 Å². The summed E-state index contributed by atoms with van der Waals surface area (Å²) in [4.78, 5) is 36.6. The van der Waals surface area contributed by atoms with Crippen molar-refractivity contribution in [2.45, 2.75) is 46.4 Å². The Morgan fingerprint density at radius 3 is 2.42 bits per heavy atom. The summed E-state index contributed by atoms with van der Waals surface area (Å²) in [5.74, 6) is -1.12. The number of fused-ring (bicyclic) bond motifs is 1.